The van der Waals surface area contributed by atoms with Gasteiger partial charge in [0.25, 0.3) is 0 Å². The summed E-state index contributed by atoms with van der Waals surface area (Å²) in [5.41, 5.74) is 8.56. The Morgan fingerprint density at radius 1 is 1.07 bits per heavy atom. The molecule has 0 fully saturated rings. The largest absolute Gasteiger partial charge is 0.444 e. The van der Waals surface area contributed by atoms with E-state index < -0.39 is 5.92 Å². The molecule has 134 valence electrons. The molecule has 4 nitrogen and oxygen atoms in total. The van der Waals surface area contributed by atoms with E-state index in [-0.39, 0.29) is 23.2 Å². The van der Waals surface area contributed by atoms with Crippen LogP contribution in [0.2, 0.25) is 5.02 Å². The second kappa shape index (κ2) is 6.94. The fourth-order valence-electron chi connectivity index (χ4n) is 3.89. The van der Waals surface area contributed by atoms with Gasteiger partial charge >= 0.3 is 0 Å². The first-order valence-corrected chi connectivity index (χ1v) is 9.11. The lowest BCUT2D eigenvalue weighted by molar-refractivity contribution is -0.117. The van der Waals surface area contributed by atoms with Crippen molar-refractivity contribution < 1.29 is 9.53 Å². The van der Waals surface area contributed by atoms with Gasteiger partial charge in [-0.2, -0.15) is 5.26 Å². The zero-order chi connectivity index (χ0) is 19.0. The van der Waals surface area contributed by atoms with Crippen LogP contribution in [0.4, 0.5) is 0 Å². The highest BCUT2D eigenvalue weighted by atomic mass is 35.5. The minimum absolute atomic E-state index is 0.0285. The quantitative estimate of drug-likeness (QED) is 0.834. The van der Waals surface area contributed by atoms with Gasteiger partial charge in [0.15, 0.2) is 5.78 Å². The average Bonchev–Trinajstić information content (AvgIpc) is 2.68. The molecule has 0 amide bonds. The van der Waals surface area contributed by atoms with Gasteiger partial charge in [0, 0.05) is 23.4 Å². The summed E-state index contributed by atoms with van der Waals surface area (Å²) in [5.74, 6) is -0.00284. The molecule has 2 atom stereocenters. The number of Topliss-reactive ketones (excluding diaryl/α,β-unsaturated/α-hetero) is 1. The van der Waals surface area contributed by atoms with E-state index in [2.05, 4.69) is 6.07 Å². The van der Waals surface area contributed by atoms with Crippen LogP contribution in [-0.4, -0.2) is 5.78 Å². The van der Waals surface area contributed by atoms with Crippen LogP contribution in [0.3, 0.4) is 0 Å². The molecule has 2 aromatic rings. The number of nitrogens with zero attached hydrogens (tertiary/aromatic N) is 1. The molecule has 2 N–H and O–H groups in total. The van der Waals surface area contributed by atoms with E-state index >= 15 is 0 Å². The molecular weight excluding hydrogens is 360 g/mol. The number of ketones is 1. The van der Waals surface area contributed by atoms with Crippen molar-refractivity contribution in [1.82, 2.24) is 0 Å². The summed E-state index contributed by atoms with van der Waals surface area (Å²) in [6.07, 6.45) is 0.928. The first-order valence-electron chi connectivity index (χ1n) is 8.73. The second-order valence-electron chi connectivity index (χ2n) is 6.72. The number of hydrogen-bond donors (Lipinski definition) is 1. The molecule has 4 rings (SSSR count). The number of ether oxygens (including phenoxy) is 1. The number of allylic oxidation sites excluding steroid dienone is 3. The Labute approximate surface area is 162 Å². The van der Waals surface area contributed by atoms with E-state index in [4.69, 9.17) is 22.1 Å². The Bertz CT molecular complexity index is 1020. The maximum absolute atomic E-state index is 13.1. The summed E-state index contributed by atoms with van der Waals surface area (Å²) in [6.45, 7) is 0. The van der Waals surface area contributed by atoms with Crippen molar-refractivity contribution in [2.75, 3.05) is 0 Å². The summed E-state index contributed by atoms with van der Waals surface area (Å²) in [4.78, 5) is 13.1. The summed E-state index contributed by atoms with van der Waals surface area (Å²) in [6, 6.07) is 19.2. The molecule has 2 unspecified atom stereocenters. The third-order valence-corrected chi connectivity index (χ3v) is 5.49. The molecule has 0 bridgehead atoms. The van der Waals surface area contributed by atoms with Gasteiger partial charge in [-0.3, -0.25) is 4.79 Å². The van der Waals surface area contributed by atoms with Crippen LogP contribution in [0.5, 0.6) is 0 Å². The van der Waals surface area contributed by atoms with Gasteiger partial charge in [-0.05, 0) is 23.1 Å². The zero-order valence-electron chi connectivity index (χ0n) is 14.5. The Hall–Kier alpha value is -3.03. The lowest BCUT2D eigenvalue weighted by Crippen LogP contribution is -2.30. The predicted molar refractivity (Wildman–Crippen MR) is 103 cm³/mol. The fraction of sp³-hybridized carbons (Fsp3) is 0.182. The summed E-state index contributed by atoms with van der Waals surface area (Å²) in [7, 11) is 0. The highest BCUT2D eigenvalue weighted by Crippen LogP contribution is 2.47. The topological polar surface area (TPSA) is 76.1 Å². The van der Waals surface area contributed by atoms with Gasteiger partial charge in [-0.25, -0.2) is 0 Å². The number of carbonyl (C=O) groups is 1. The lowest BCUT2D eigenvalue weighted by atomic mass is 9.73. The maximum Gasteiger partial charge on any atom is 0.205 e. The standard InChI is InChI=1S/C22H17ClN2O2/c23-17-9-5-4-8-15(17)20-16(12-24)22(25)27-19-11-14(10-18(26)21(19)20)13-6-2-1-3-7-13/h1-9,14,20H,10-11,25H2. The van der Waals surface area contributed by atoms with Crippen LogP contribution >= 0.6 is 11.6 Å². The Morgan fingerprint density at radius 3 is 2.48 bits per heavy atom. The van der Waals surface area contributed by atoms with Gasteiger partial charge in [0.2, 0.25) is 5.88 Å². The molecule has 2 aromatic carbocycles. The molecule has 27 heavy (non-hydrogen) atoms. The minimum atomic E-state index is -0.586. The smallest absolute Gasteiger partial charge is 0.205 e. The van der Waals surface area contributed by atoms with Crippen molar-refractivity contribution in [2.24, 2.45) is 5.73 Å². The molecule has 0 radical (unpaired) electrons. The molecule has 2 aliphatic rings. The van der Waals surface area contributed by atoms with Crippen molar-refractivity contribution in [3.8, 4) is 6.07 Å². The first kappa shape index (κ1) is 17.4. The number of nitriles is 1. The number of carbonyl (C=O) groups excluding carboxylic acids is 1. The van der Waals surface area contributed by atoms with E-state index in [0.29, 0.717) is 34.8 Å². The first-order chi connectivity index (χ1) is 13.1. The van der Waals surface area contributed by atoms with Crippen molar-refractivity contribution in [3.63, 3.8) is 0 Å². The SMILES string of the molecule is N#CC1=C(N)OC2=C(C(=O)CC(c3ccccc3)C2)C1c1ccccc1Cl. The molecule has 5 heteroatoms. The molecule has 1 aliphatic heterocycles. The molecule has 0 saturated heterocycles. The zero-order valence-corrected chi connectivity index (χ0v) is 15.2. The number of nitrogens with two attached hydrogens (primary N) is 1. The van der Waals surface area contributed by atoms with E-state index in [9.17, 15) is 10.1 Å². The van der Waals surface area contributed by atoms with Gasteiger partial charge < -0.3 is 10.5 Å². The number of halogens is 1. The third-order valence-electron chi connectivity index (χ3n) is 5.15. The number of rotatable bonds is 2. The molecule has 0 saturated carbocycles. The van der Waals surface area contributed by atoms with Crippen LogP contribution < -0.4 is 5.73 Å². The van der Waals surface area contributed by atoms with Crippen molar-refractivity contribution in [3.05, 3.63) is 93.5 Å². The number of benzene rings is 2. The molecular formula is C22H17ClN2O2. The van der Waals surface area contributed by atoms with Crippen molar-refractivity contribution in [1.29, 1.82) is 5.26 Å². The Kier molecular flexibility index (Phi) is 4.47. The highest BCUT2D eigenvalue weighted by Gasteiger charge is 2.41. The van der Waals surface area contributed by atoms with Gasteiger partial charge in [0.05, 0.1) is 5.92 Å². The fourth-order valence-corrected chi connectivity index (χ4v) is 4.13. The predicted octanol–water partition coefficient (Wildman–Crippen LogP) is 4.55. The van der Waals surface area contributed by atoms with Gasteiger partial charge in [-0.15, -0.1) is 0 Å². The van der Waals surface area contributed by atoms with Crippen LogP contribution in [0.15, 0.2) is 77.4 Å². The van der Waals surface area contributed by atoms with Crippen LogP contribution in [-0.2, 0) is 9.53 Å². The van der Waals surface area contributed by atoms with Crippen molar-refractivity contribution in [2.45, 2.75) is 24.7 Å². The van der Waals surface area contributed by atoms with E-state index in [0.717, 1.165) is 5.56 Å². The van der Waals surface area contributed by atoms with E-state index in [1.807, 2.05) is 48.5 Å². The van der Waals surface area contributed by atoms with Gasteiger partial charge in [0.1, 0.15) is 17.4 Å². The lowest BCUT2D eigenvalue weighted by Gasteiger charge is -2.34. The highest BCUT2D eigenvalue weighted by molar-refractivity contribution is 6.31. The summed E-state index contributed by atoms with van der Waals surface area (Å²) < 4.78 is 5.76. The normalized spacial score (nSPS) is 22.1. The second-order valence-corrected chi connectivity index (χ2v) is 7.13. The molecule has 1 aliphatic carbocycles. The van der Waals surface area contributed by atoms with E-state index in [1.165, 1.54) is 0 Å². The van der Waals surface area contributed by atoms with E-state index in [1.54, 1.807) is 6.07 Å². The Balaban J connectivity index is 1.82. The average molecular weight is 377 g/mol. The third kappa shape index (κ3) is 3.01. The van der Waals surface area contributed by atoms with Crippen molar-refractivity contribution >= 4 is 17.4 Å². The maximum atomic E-state index is 13.1. The van der Waals surface area contributed by atoms with Crippen LogP contribution in [0, 0.1) is 11.3 Å². The summed E-state index contributed by atoms with van der Waals surface area (Å²) in [5, 5.41) is 10.1. The monoisotopic (exact) mass is 376 g/mol. The summed E-state index contributed by atoms with van der Waals surface area (Å²) >= 11 is 6.38. The number of hydrogen-bond acceptors (Lipinski definition) is 4. The van der Waals surface area contributed by atoms with Crippen LogP contribution in [0.25, 0.3) is 0 Å². The van der Waals surface area contributed by atoms with Crippen LogP contribution in [0.1, 0.15) is 35.8 Å². The van der Waals surface area contributed by atoms with Gasteiger partial charge in [-0.1, -0.05) is 60.1 Å². The molecule has 0 spiro atoms. The minimum Gasteiger partial charge on any atom is -0.444 e. The molecule has 1 heterocycles. The Morgan fingerprint density at radius 2 is 1.78 bits per heavy atom. The molecule has 0 aromatic heterocycles.